The van der Waals surface area contributed by atoms with Gasteiger partial charge in [-0.2, -0.15) is 0 Å². The maximum atomic E-state index is 5.57. The van der Waals surface area contributed by atoms with E-state index in [4.69, 9.17) is 4.42 Å². The number of hydrogen-bond donors (Lipinski definition) is 1. The zero-order chi connectivity index (χ0) is 13.1. The third-order valence-electron chi connectivity index (χ3n) is 3.23. The number of nitrogens with zero attached hydrogens (tertiary/aromatic N) is 1. The molecule has 0 aliphatic rings. The maximum absolute atomic E-state index is 5.57. The summed E-state index contributed by atoms with van der Waals surface area (Å²) in [4.78, 5) is 4.15. The molecule has 0 saturated heterocycles. The van der Waals surface area contributed by atoms with Gasteiger partial charge in [0.2, 0.25) is 0 Å². The lowest BCUT2D eigenvalue weighted by atomic mass is 10.1. The van der Waals surface area contributed by atoms with Gasteiger partial charge in [-0.1, -0.05) is 6.07 Å². The molecular formula is C15H20N2O. The number of rotatable bonds is 4. The summed E-state index contributed by atoms with van der Waals surface area (Å²) >= 11 is 0. The normalized spacial score (nSPS) is 14.4. The molecule has 3 heteroatoms. The molecule has 0 amide bonds. The maximum Gasteiger partial charge on any atom is 0.105 e. The Balaban J connectivity index is 2.08. The summed E-state index contributed by atoms with van der Waals surface area (Å²) in [6.45, 7) is 8.29. The second kappa shape index (κ2) is 5.36. The van der Waals surface area contributed by atoms with E-state index in [1.807, 2.05) is 26.1 Å². The summed E-state index contributed by atoms with van der Waals surface area (Å²) in [5.74, 6) is 1.95. The molecule has 0 spiro atoms. The Morgan fingerprint density at radius 2 is 2.00 bits per heavy atom. The van der Waals surface area contributed by atoms with Crippen LogP contribution in [0.15, 0.2) is 35.0 Å². The molecule has 96 valence electrons. The molecular weight excluding hydrogens is 224 g/mol. The highest BCUT2D eigenvalue weighted by Crippen LogP contribution is 2.24. The van der Waals surface area contributed by atoms with E-state index in [0.29, 0.717) is 0 Å². The highest BCUT2D eigenvalue weighted by atomic mass is 16.3. The molecule has 3 nitrogen and oxygen atoms in total. The van der Waals surface area contributed by atoms with Crippen molar-refractivity contribution in [1.29, 1.82) is 0 Å². The molecule has 0 fully saturated rings. The fourth-order valence-corrected chi connectivity index (χ4v) is 2.27. The number of aromatic nitrogens is 1. The van der Waals surface area contributed by atoms with Crippen molar-refractivity contribution in [3.63, 3.8) is 0 Å². The van der Waals surface area contributed by atoms with E-state index in [2.05, 4.69) is 36.3 Å². The third-order valence-corrected chi connectivity index (χ3v) is 3.23. The Bertz CT molecular complexity index is 504. The standard InChI is InChI=1S/C15H20N2O/c1-10-8-15(13(4)18-10)12(3)17-11(2)14-6-5-7-16-9-14/h5-9,11-12,17H,1-4H3/t11-,12?/m1/s1. The summed E-state index contributed by atoms with van der Waals surface area (Å²) < 4.78 is 5.57. The van der Waals surface area contributed by atoms with Crippen LogP contribution in [0.5, 0.6) is 0 Å². The highest BCUT2D eigenvalue weighted by Gasteiger charge is 2.15. The molecule has 0 bridgehead atoms. The van der Waals surface area contributed by atoms with Crippen LogP contribution < -0.4 is 5.32 Å². The van der Waals surface area contributed by atoms with E-state index in [1.165, 1.54) is 11.1 Å². The highest BCUT2D eigenvalue weighted by molar-refractivity contribution is 5.24. The lowest BCUT2D eigenvalue weighted by Crippen LogP contribution is -2.22. The topological polar surface area (TPSA) is 38.1 Å². The van der Waals surface area contributed by atoms with Gasteiger partial charge in [0.1, 0.15) is 11.5 Å². The molecule has 2 atom stereocenters. The molecule has 0 aliphatic carbocycles. The average molecular weight is 244 g/mol. The molecule has 18 heavy (non-hydrogen) atoms. The number of hydrogen-bond acceptors (Lipinski definition) is 3. The first-order valence-corrected chi connectivity index (χ1v) is 6.31. The summed E-state index contributed by atoms with van der Waals surface area (Å²) in [5, 5.41) is 3.57. The monoisotopic (exact) mass is 244 g/mol. The van der Waals surface area contributed by atoms with Gasteiger partial charge in [-0.25, -0.2) is 0 Å². The summed E-state index contributed by atoms with van der Waals surface area (Å²) in [5.41, 5.74) is 2.42. The van der Waals surface area contributed by atoms with Crippen LogP contribution in [-0.4, -0.2) is 4.98 Å². The fourth-order valence-electron chi connectivity index (χ4n) is 2.27. The van der Waals surface area contributed by atoms with Crippen molar-refractivity contribution < 1.29 is 4.42 Å². The van der Waals surface area contributed by atoms with Crippen LogP contribution >= 0.6 is 0 Å². The smallest absolute Gasteiger partial charge is 0.105 e. The molecule has 2 aromatic rings. The van der Waals surface area contributed by atoms with Gasteiger partial charge in [-0.05, 0) is 45.4 Å². The van der Waals surface area contributed by atoms with Gasteiger partial charge in [-0.15, -0.1) is 0 Å². The number of aryl methyl sites for hydroxylation is 2. The van der Waals surface area contributed by atoms with E-state index in [-0.39, 0.29) is 12.1 Å². The molecule has 2 rings (SSSR count). The van der Waals surface area contributed by atoms with Gasteiger partial charge in [-0.3, -0.25) is 4.98 Å². The van der Waals surface area contributed by atoms with Crippen molar-refractivity contribution in [1.82, 2.24) is 10.3 Å². The molecule has 0 aliphatic heterocycles. The van der Waals surface area contributed by atoms with Gasteiger partial charge in [0, 0.05) is 30.0 Å². The van der Waals surface area contributed by atoms with Gasteiger partial charge < -0.3 is 9.73 Å². The van der Waals surface area contributed by atoms with E-state index in [9.17, 15) is 0 Å². The summed E-state index contributed by atoms with van der Waals surface area (Å²) in [6, 6.07) is 6.68. The second-order valence-electron chi connectivity index (χ2n) is 4.76. The minimum Gasteiger partial charge on any atom is -0.466 e. The van der Waals surface area contributed by atoms with Gasteiger partial charge in [0.25, 0.3) is 0 Å². The van der Waals surface area contributed by atoms with Crippen molar-refractivity contribution in [2.45, 2.75) is 39.8 Å². The lowest BCUT2D eigenvalue weighted by Gasteiger charge is -2.19. The first-order chi connectivity index (χ1) is 8.58. The molecule has 1 N–H and O–H groups in total. The van der Waals surface area contributed by atoms with Crippen LogP contribution in [0.1, 0.15) is 48.6 Å². The fraction of sp³-hybridized carbons (Fsp3) is 0.400. The van der Waals surface area contributed by atoms with Crippen molar-refractivity contribution in [2.24, 2.45) is 0 Å². The predicted octanol–water partition coefficient (Wildman–Crippen LogP) is 3.70. The Kier molecular flexibility index (Phi) is 3.82. The predicted molar refractivity (Wildman–Crippen MR) is 72.4 cm³/mol. The van der Waals surface area contributed by atoms with Crippen molar-refractivity contribution in [3.05, 3.63) is 53.2 Å². The number of nitrogens with one attached hydrogen (secondary N) is 1. The Morgan fingerprint density at radius 3 is 2.56 bits per heavy atom. The van der Waals surface area contributed by atoms with Gasteiger partial charge >= 0.3 is 0 Å². The molecule has 1 unspecified atom stereocenters. The molecule has 2 heterocycles. The molecule has 0 radical (unpaired) electrons. The molecule has 2 aromatic heterocycles. The van der Waals surface area contributed by atoms with E-state index >= 15 is 0 Å². The van der Waals surface area contributed by atoms with Crippen LogP contribution in [0.2, 0.25) is 0 Å². The molecule has 0 aromatic carbocycles. The van der Waals surface area contributed by atoms with Crippen molar-refractivity contribution in [3.8, 4) is 0 Å². The van der Waals surface area contributed by atoms with Gasteiger partial charge in [0.15, 0.2) is 0 Å². The Labute approximate surface area is 108 Å². The largest absolute Gasteiger partial charge is 0.466 e. The lowest BCUT2D eigenvalue weighted by molar-refractivity contribution is 0.468. The third kappa shape index (κ3) is 2.79. The van der Waals surface area contributed by atoms with E-state index in [0.717, 1.165) is 11.5 Å². The summed E-state index contributed by atoms with van der Waals surface area (Å²) in [6.07, 6.45) is 3.70. The minimum absolute atomic E-state index is 0.262. The van der Waals surface area contributed by atoms with Crippen LogP contribution in [-0.2, 0) is 0 Å². The Hall–Kier alpha value is -1.61. The molecule has 0 saturated carbocycles. The first kappa shape index (κ1) is 12.8. The average Bonchev–Trinajstić information content (AvgIpc) is 2.69. The van der Waals surface area contributed by atoms with E-state index in [1.54, 1.807) is 6.20 Å². The van der Waals surface area contributed by atoms with Crippen LogP contribution in [0.3, 0.4) is 0 Å². The minimum atomic E-state index is 0.262. The number of pyridine rings is 1. The SMILES string of the molecule is Cc1cc(C(C)N[C@H](C)c2cccnc2)c(C)o1. The van der Waals surface area contributed by atoms with Crippen molar-refractivity contribution in [2.75, 3.05) is 0 Å². The second-order valence-corrected chi connectivity index (χ2v) is 4.76. The van der Waals surface area contributed by atoms with Crippen LogP contribution in [0, 0.1) is 13.8 Å². The van der Waals surface area contributed by atoms with Crippen LogP contribution in [0.25, 0.3) is 0 Å². The van der Waals surface area contributed by atoms with Crippen molar-refractivity contribution >= 4 is 0 Å². The quantitative estimate of drug-likeness (QED) is 0.891. The van der Waals surface area contributed by atoms with Crippen LogP contribution in [0.4, 0.5) is 0 Å². The van der Waals surface area contributed by atoms with Gasteiger partial charge in [0.05, 0.1) is 0 Å². The number of furan rings is 1. The summed E-state index contributed by atoms with van der Waals surface area (Å²) in [7, 11) is 0. The van der Waals surface area contributed by atoms with E-state index < -0.39 is 0 Å². The Morgan fingerprint density at radius 1 is 1.22 bits per heavy atom. The zero-order valence-electron chi connectivity index (χ0n) is 11.4. The zero-order valence-corrected chi connectivity index (χ0v) is 11.4. The first-order valence-electron chi connectivity index (χ1n) is 6.31.